The van der Waals surface area contributed by atoms with Gasteiger partial charge in [-0.3, -0.25) is 9.59 Å². The number of ether oxygens (including phenoxy) is 3. The number of carbonyl (C=O) groups excluding carboxylic acids is 2. The first-order valence-corrected chi connectivity index (χ1v) is 11.5. The Labute approximate surface area is 193 Å². The fraction of sp³-hybridized carbons (Fsp3) is 0.167. The molecule has 0 N–H and O–H groups in total. The van der Waals surface area contributed by atoms with E-state index >= 15 is 0 Å². The van der Waals surface area contributed by atoms with Crippen LogP contribution in [-0.4, -0.2) is 32.4 Å². The van der Waals surface area contributed by atoms with E-state index in [1.165, 1.54) is 63.8 Å². The summed E-state index contributed by atoms with van der Waals surface area (Å²) in [5, 5.41) is -0.923. The highest BCUT2D eigenvalue weighted by Gasteiger charge is 2.50. The molecule has 0 aliphatic heterocycles. The molecule has 0 heterocycles. The fourth-order valence-electron chi connectivity index (χ4n) is 3.50. The Balaban J connectivity index is 2.42. The summed E-state index contributed by atoms with van der Waals surface area (Å²) in [6.45, 7) is 0. The number of halogens is 3. The van der Waals surface area contributed by atoms with Crippen molar-refractivity contribution in [1.29, 1.82) is 0 Å². The molecule has 3 aromatic carbocycles. The Morgan fingerprint density at radius 1 is 0.735 bits per heavy atom. The summed E-state index contributed by atoms with van der Waals surface area (Å²) >= 11 is 0. The van der Waals surface area contributed by atoms with E-state index in [1.807, 2.05) is 0 Å². The van der Waals surface area contributed by atoms with E-state index in [-0.39, 0.29) is 22.8 Å². The third-order valence-corrected chi connectivity index (χ3v) is 7.78. The predicted molar refractivity (Wildman–Crippen MR) is 120 cm³/mol. The van der Waals surface area contributed by atoms with Gasteiger partial charge in [-0.2, -0.15) is 13.2 Å². The van der Waals surface area contributed by atoms with Gasteiger partial charge in [0, 0.05) is 10.9 Å². The van der Waals surface area contributed by atoms with Crippen LogP contribution in [0.3, 0.4) is 0 Å². The second kappa shape index (κ2) is 9.73. The normalized spacial score (nSPS) is 13.0. The van der Waals surface area contributed by atoms with Crippen LogP contribution in [0.15, 0.2) is 66.7 Å². The summed E-state index contributed by atoms with van der Waals surface area (Å²) in [5.41, 5.74) is -4.62. The molecule has 0 saturated carbocycles. The van der Waals surface area contributed by atoms with Gasteiger partial charge in [0.25, 0.3) is 0 Å². The lowest BCUT2D eigenvalue weighted by molar-refractivity contribution is -0.136. The Kier molecular flexibility index (Phi) is 7.17. The van der Waals surface area contributed by atoms with Crippen LogP contribution in [0.1, 0.15) is 26.3 Å². The van der Waals surface area contributed by atoms with Gasteiger partial charge in [0.15, 0.2) is 11.5 Å². The topological polar surface area (TPSA) is 78.9 Å². The molecule has 34 heavy (non-hydrogen) atoms. The number of benzene rings is 3. The van der Waals surface area contributed by atoms with Crippen LogP contribution in [0.5, 0.6) is 17.2 Å². The molecule has 0 aliphatic carbocycles. The molecule has 3 aromatic rings. The summed E-state index contributed by atoms with van der Waals surface area (Å²) in [4.78, 5) is 27.5. The number of alkyl halides is 3. The van der Waals surface area contributed by atoms with E-state index in [4.69, 9.17) is 14.2 Å². The molecule has 0 saturated heterocycles. The van der Waals surface area contributed by atoms with E-state index in [1.54, 1.807) is 6.07 Å². The van der Waals surface area contributed by atoms with Gasteiger partial charge in [-0.25, -0.2) is 0 Å². The monoisotopic (exact) mass is 492 g/mol. The summed E-state index contributed by atoms with van der Waals surface area (Å²) in [7, 11) is -1.46. The van der Waals surface area contributed by atoms with Crippen molar-refractivity contribution in [1.82, 2.24) is 0 Å². The van der Waals surface area contributed by atoms with Crippen LogP contribution >= 0.6 is 7.14 Å². The lowest BCUT2D eigenvalue weighted by Crippen LogP contribution is -2.27. The predicted octanol–water partition coefficient (Wildman–Crippen LogP) is 5.40. The highest BCUT2D eigenvalue weighted by atomic mass is 31.2. The Morgan fingerprint density at radius 2 is 1.29 bits per heavy atom. The maximum absolute atomic E-state index is 14.5. The first-order valence-electron chi connectivity index (χ1n) is 9.81. The van der Waals surface area contributed by atoms with Crippen LogP contribution in [0, 0.1) is 0 Å². The van der Waals surface area contributed by atoms with Crippen LogP contribution in [0.25, 0.3) is 0 Å². The Hall–Kier alpha value is -3.58. The van der Waals surface area contributed by atoms with Crippen molar-refractivity contribution in [3.63, 3.8) is 0 Å². The van der Waals surface area contributed by atoms with E-state index in [9.17, 15) is 27.3 Å². The first-order chi connectivity index (χ1) is 16.1. The highest BCUT2D eigenvalue weighted by Crippen LogP contribution is 2.56. The highest BCUT2D eigenvalue weighted by molar-refractivity contribution is 8.01. The van der Waals surface area contributed by atoms with Crippen molar-refractivity contribution < 1.29 is 41.5 Å². The van der Waals surface area contributed by atoms with Crippen molar-refractivity contribution in [2.75, 3.05) is 21.3 Å². The van der Waals surface area contributed by atoms with Crippen molar-refractivity contribution in [2.24, 2.45) is 0 Å². The zero-order chi connectivity index (χ0) is 25.1. The van der Waals surface area contributed by atoms with Crippen molar-refractivity contribution in [3.05, 3.63) is 83.4 Å². The minimum absolute atomic E-state index is 0.0365. The number of hydrogen-bond acceptors (Lipinski definition) is 6. The van der Waals surface area contributed by atoms with Gasteiger partial charge in [-0.1, -0.05) is 48.5 Å². The summed E-state index contributed by atoms with van der Waals surface area (Å²) < 4.78 is 71.8. The average molecular weight is 492 g/mol. The van der Waals surface area contributed by atoms with Gasteiger partial charge >= 0.3 is 6.18 Å². The molecule has 0 radical (unpaired) electrons. The third-order valence-electron chi connectivity index (χ3n) is 5.08. The lowest BCUT2D eigenvalue weighted by atomic mass is 10.1. The Bertz CT molecular complexity index is 1270. The maximum atomic E-state index is 14.5. The van der Waals surface area contributed by atoms with Gasteiger partial charge in [-0.05, 0) is 18.2 Å². The van der Waals surface area contributed by atoms with E-state index in [0.29, 0.717) is 6.07 Å². The molecule has 0 aromatic heterocycles. The second-order valence-corrected chi connectivity index (χ2v) is 9.49. The number of carbonyl (C=O) groups is 2. The molecule has 6 nitrogen and oxygen atoms in total. The minimum atomic E-state index is -5.16. The van der Waals surface area contributed by atoms with Gasteiger partial charge in [0.05, 0.1) is 26.9 Å². The van der Waals surface area contributed by atoms with Gasteiger partial charge in [-0.15, -0.1) is 0 Å². The van der Waals surface area contributed by atoms with Gasteiger partial charge in [0.1, 0.15) is 11.3 Å². The molecule has 0 amide bonds. The van der Waals surface area contributed by atoms with Gasteiger partial charge < -0.3 is 18.8 Å². The number of rotatable bonds is 8. The maximum Gasteiger partial charge on any atom is 0.417 e. The molecule has 178 valence electrons. The average Bonchev–Trinajstić information content (AvgIpc) is 2.86. The molecule has 0 spiro atoms. The standard InChI is InChI=1S/C24H20F3O6P/c1-31-17-13-14-18(32-2)21(33-3)20(17)23(29)34(30,22(28)15-9-5-4-6-10-15)19-12-8-7-11-16(19)24(25,26)27/h4-14H,1-3H3. The van der Waals surface area contributed by atoms with Crippen molar-refractivity contribution in [2.45, 2.75) is 6.18 Å². The SMILES string of the molecule is COc1ccc(OC)c(C(=O)P(=O)(C(=O)c2ccccc2)c2ccccc2C(F)(F)F)c1OC. The fourth-order valence-corrected chi connectivity index (χ4v) is 6.00. The van der Waals surface area contributed by atoms with E-state index in [2.05, 4.69) is 0 Å². The largest absolute Gasteiger partial charge is 0.496 e. The zero-order valence-electron chi connectivity index (χ0n) is 18.4. The van der Waals surface area contributed by atoms with Gasteiger partial charge in [0.2, 0.25) is 18.2 Å². The quantitative estimate of drug-likeness (QED) is 0.392. The Morgan fingerprint density at radius 3 is 1.85 bits per heavy atom. The van der Waals surface area contributed by atoms with Crippen LogP contribution in [0.4, 0.5) is 13.2 Å². The molecule has 1 unspecified atom stereocenters. The zero-order valence-corrected chi connectivity index (χ0v) is 19.3. The third kappa shape index (κ3) is 4.31. The molecule has 0 fully saturated rings. The van der Waals surface area contributed by atoms with E-state index < -0.39 is 40.8 Å². The first kappa shape index (κ1) is 25.1. The summed E-state index contributed by atoms with van der Waals surface area (Å²) in [6.07, 6.45) is -4.98. The van der Waals surface area contributed by atoms with E-state index in [0.717, 1.165) is 12.1 Å². The van der Waals surface area contributed by atoms with Crippen molar-refractivity contribution >= 4 is 23.5 Å². The van der Waals surface area contributed by atoms with Crippen LogP contribution in [-0.2, 0) is 10.7 Å². The number of methoxy groups -OCH3 is 3. The van der Waals surface area contributed by atoms with Crippen LogP contribution in [0.2, 0.25) is 0 Å². The van der Waals surface area contributed by atoms with Crippen molar-refractivity contribution in [3.8, 4) is 17.2 Å². The molecule has 0 aliphatic rings. The molecular formula is C24H20F3O6P. The molecular weight excluding hydrogens is 472 g/mol. The molecule has 3 rings (SSSR count). The van der Waals surface area contributed by atoms with Crippen LogP contribution < -0.4 is 19.5 Å². The minimum Gasteiger partial charge on any atom is -0.496 e. The number of hydrogen-bond donors (Lipinski definition) is 0. The molecule has 10 heteroatoms. The summed E-state index contributed by atoms with van der Waals surface area (Å²) in [5.74, 6) is -0.333. The lowest BCUT2D eigenvalue weighted by Gasteiger charge is -2.23. The second-order valence-electron chi connectivity index (χ2n) is 6.98. The molecule has 0 bridgehead atoms. The molecule has 1 atom stereocenters. The summed E-state index contributed by atoms with van der Waals surface area (Å²) in [6, 6.07) is 13.6. The smallest absolute Gasteiger partial charge is 0.417 e.